The number of carbonyl (C=O) groups excluding carboxylic acids is 1. The normalized spacial score (nSPS) is 10.0. The first-order valence-corrected chi connectivity index (χ1v) is 7.31. The molecule has 0 aliphatic rings. The number of nitrogens with zero attached hydrogens (tertiary/aromatic N) is 1. The van der Waals surface area contributed by atoms with Crippen LogP contribution in [0.1, 0.15) is 18.4 Å². The highest BCUT2D eigenvalue weighted by Crippen LogP contribution is 2.05. The van der Waals surface area contributed by atoms with Crippen LogP contribution in [0.15, 0.2) is 79.7 Å². The fourth-order valence-electron chi connectivity index (χ4n) is 2.02. The summed E-state index contributed by atoms with van der Waals surface area (Å²) in [4.78, 5) is 11.7. The van der Waals surface area contributed by atoms with Crippen LogP contribution in [0.2, 0.25) is 0 Å². The van der Waals surface area contributed by atoms with E-state index in [2.05, 4.69) is 18.5 Å². The van der Waals surface area contributed by atoms with E-state index in [4.69, 9.17) is 0 Å². The zero-order valence-electron chi connectivity index (χ0n) is 12.7. The van der Waals surface area contributed by atoms with Crippen LogP contribution < -0.4 is 9.88 Å². The Labute approximate surface area is 131 Å². The summed E-state index contributed by atoms with van der Waals surface area (Å²) in [5.41, 5.74) is 3.06. The lowest BCUT2D eigenvalue weighted by atomic mass is 10.1. The Balaban J connectivity index is 1.85. The van der Waals surface area contributed by atoms with Gasteiger partial charge in [0.2, 0.25) is 11.6 Å². The molecule has 2 rings (SSSR count). The minimum absolute atomic E-state index is 0.0320. The van der Waals surface area contributed by atoms with E-state index < -0.39 is 0 Å². The number of amides is 1. The first kappa shape index (κ1) is 15.7. The molecule has 0 radical (unpaired) electrons. The Bertz CT molecular complexity index is 645. The highest BCUT2D eigenvalue weighted by molar-refractivity contribution is 5.76. The van der Waals surface area contributed by atoms with Gasteiger partial charge in [-0.25, -0.2) is 0 Å². The van der Waals surface area contributed by atoms with E-state index in [-0.39, 0.29) is 5.91 Å². The monoisotopic (exact) mass is 293 g/mol. The van der Waals surface area contributed by atoms with Gasteiger partial charge in [-0.05, 0) is 12.0 Å². The van der Waals surface area contributed by atoms with Crippen LogP contribution >= 0.6 is 0 Å². The zero-order chi connectivity index (χ0) is 15.8. The van der Waals surface area contributed by atoms with E-state index in [0.717, 1.165) is 16.8 Å². The number of benzene rings is 1. The van der Waals surface area contributed by atoms with Crippen LogP contribution in [0, 0.1) is 0 Å². The predicted molar refractivity (Wildman–Crippen MR) is 88.4 cm³/mol. The number of aromatic nitrogens is 1. The first-order valence-electron chi connectivity index (χ1n) is 7.31. The average molecular weight is 293 g/mol. The Morgan fingerprint density at radius 2 is 1.77 bits per heavy atom. The predicted octanol–water partition coefficient (Wildman–Crippen LogP) is 3.10. The largest absolute Gasteiger partial charge is 0.352 e. The maximum Gasteiger partial charge on any atom is 0.220 e. The second kappa shape index (κ2) is 7.93. The number of rotatable bonds is 7. The van der Waals surface area contributed by atoms with Crippen molar-refractivity contribution >= 4 is 5.91 Å². The van der Waals surface area contributed by atoms with Crippen molar-refractivity contribution in [3.63, 3.8) is 0 Å². The Morgan fingerprint density at radius 3 is 2.41 bits per heavy atom. The van der Waals surface area contributed by atoms with Crippen LogP contribution in [0.5, 0.6) is 0 Å². The molecule has 1 aromatic heterocycles. The number of hydrogen-bond acceptors (Lipinski definition) is 1. The van der Waals surface area contributed by atoms with Crippen molar-refractivity contribution < 1.29 is 9.36 Å². The standard InChI is InChI=1S/C19H20N2O/c1-3-16(2)7-12-19(22)20-15-17-8-10-18(11-9-17)21-13-5-4-6-14-21/h3-6,8-11,13-14H,1-2,7,12,15H2/p+1. The van der Waals surface area contributed by atoms with Gasteiger partial charge < -0.3 is 5.32 Å². The molecular weight excluding hydrogens is 272 g/mol. The van der Waals surface area contributed by atoms with Crippen LogP contribution in [-0.2, 0) is 11.3 Å². The summed E-state index contributed by atoms with van der Waals surface area (Å²) in [7, 11) is 0. The van der Waals surface area contributed by atoms with Crippen molar-refractivity contribution in [1.29, 1.82) is 0 Å². The number of nitrogens with one attached hydrogen (secondary N) is 1. The third-order valence-corrected chi connectivity index (χ3v) is 3.40. The molecule has 3 nitrogen and oxygen atoms in total. The SMILES string of the molecule is C=CC(=C)CCC(=O)NCc1ccc(-[n+]2ccccc2)cc1. The number of pyridine rings is 1. The summed E-state index contributed by atoms with van der Waals surface area (Å²) in [5, 5.41) is 2.92. The van der Waals surface area contributed by atoms with Gasteiger partial charge in [-0.15, -0.1) is 0 Å². The van der Waals surface area contributed by atoms with Crippen molar-refractivity contribution in [1.82, 2.24) is 5.32 Å². The van der Waals surface area contributed by atoms with Crippen LogP contribution in [0.4, 0.5) is 0 Å². The van der Waals surface area contributed by atoms with E-state index in [1.807, 2.05) is 59.4 Å². The summed E-state index contributed by atoms with van der Waals surface area (Å²) in [6.07, 6.45) is 6.79. The zero-order valence-corrected chi connectivity index (χ0v) is 12.7. The maximum absolute atomic E-state index is 11.7. The number of carbonyl (C=O) groups is 1. The van der Waals surface area contributed by atoms with Gasteiger partial charge >= 0.3 is 0 Å². The molecule has 0 aliphatic carbocycles. The average Bonchev–Trinajstić information content (AvgIpc) is 2.59. The quantitative estimate of drug-likeness (QED) is 0.617. The van der Waals surface area contributed by atoms with Crippen molar-refractivity contribution in [3.8, 4) is 5.69 Å². The van der Waals surface area contributed by atoms with Crippen LogP contribution in [-0.4, -0.2) is 5.91 Å². The van der Waals surface area contributed by atoms with Crippen LogP contribution in [0.25, 0.3) is 5.69 Å². The van der Waals surface area contributed by atoms with E-state index >= 15 is 0 Å². The third kappa shape index (κ3) is 4.70. The topological polar surface area (TPSA) is 33.0 Å². The third-order valence-electron chi connectivity index (χ3n) is 3.40. The molecule has 22 heavy (non-hydrogen) atoms. The van der Waals surface area contributed by atoms with Gasteiger partial charge in [-0.3, -0.25) is 4.79 Å². The van der Waals surface area contributed by atoms with Gasteiger partial charge in [0.15, 0.2) is 12.4 Å². The van der Waals surface area contributed by atoms with E-state index in [1.165, 1.54) is 0 Å². The molecule has 0 unspecified atom stereocenters. The first-order chi connectivity index (χ1) is 10.7. The van der Waals surface area contributed by atoms with Gasteiger partial charge in [0.25, 0.3) is 0 Å². The highest BCUT2D eigenvalue weighted by Gasteiger charge is 2.05. The molecule has 0 saturated carbocycles. The molecule has 3 heteroatoms. The summed E-state index contributed by atoms with van der Waals surface area (Å²) >= 11 is 0. The summed E-state index contributed by atoms with van der Waals surface area (Å²) in [6, 6.07) is 14.1. The molecule has 0 saturated heterocycles. The number of allylic oxidation sites excluding steroid dienone is 2. The van der Waals surface area contributed by atoms with E-state index in [1.54, 1.807) is 6.08 Å². The van der Waals surface area contributed by atoms with Crippen molar-refractivity contribution in [2.75, 3.05) is 0 Å². The Morgan fingerprint density at radius 1 is 1.09 bits per heavy atom. The molecule has 0 aliphatic heterocycles. The van der Waals surface area contributed by atoms with Gasteiger partial charge in [0, 0.05) is 37.2 Å². The van der Waals surface area contributed by atoms with Gasteiger partial charge in [-0.2, -0.15) is 4.57 Å². The fourth-order valence-corrected chi connectivity index (χ4v) is 2.02. The summed E-state index contributed by atoms with van der Waals surface area (Å²) in [5.74, 6) is 0.0320. The van der Waals surface area contributed by atoms with E-state index in [9.17, 15) is 4.79 Å². The highest BCUT2D eigenvalue weighted by atomic mass is 16.1. The molecule has 1 heterocycles. The lowest BCUT2D eigenvalue weighted by Gasteiger charge is -2.05. The molecule has 1 N–H and O–H groups in total. The molecule has 0 atom stereocenters. The number of hydrogen-bond donors (Lipinski definition) is 1. The second-order valence-corrected chi connectivity index (χ2v) is 5.09. The molecular formula is C19H21N2O+. The van der Waals surface area contributed by atoms with Crippen molar-refractivity contribution in [3.05, 3.63) is 85.2 Å². The Hall–Kier alpha value is -2.68. The fraction of sp³-hybridized carbons (Fsp3) is 0.158. The van der Waals surface area contributed by atoms with Gasteiger partial charge in [0.1, 0.15) is 0 Å². The molecule has 0 spiro atoms. The minimum atomic E-state index is 0.0320. The smallest absolute Gasteiger partial charge is 0.220 e. The summed E-state index contributed by atoms with van der Waals surface area (Å²) < 4.78 is 2.04. The van der Waals surface area contributed by atoms with E-state index in [0.29, 0.717) is 19.4 Å². The molecule has 1 aromatic carbocycles. The maximum atomic E-state index is 11.7. The van der Waals surface area contributed by atoms with Gasteiger partial charge in [-0.1, -0.05) is 43.0 Å². The van der Waals surface area contributed by atoms with Gasteiger partial charge in [0.05, 0.1) is 0 Å². The minimum Gasteiger partial charge on any atom is -0.352 e. The molecule has 0 fully saturated rings. The molecule has 112 valence electrons. The summed E-state index contributed by atoms with van der Waals surface area (Å²) in [6.45, 7) is 7.97. The van der Waals surface area contributed by atoms with Crippen molar-refractivity contribution in [2.45, 2.75) is 19.4 Å². The molecule has 2 aromatic rings. The molecule has 0 bridgehead atoms. The lowest BCUT2D eigenvalue weighted by molar-refractivity contribution is -0.595. The second-order valence-electron chi connectivity index (χ2n) is 5.09. The Kier molecular flexibility index (Phi) is 5.66. The van der Waals surface area contributed by atoms with Crippen LogP contribution in [0.3, 0.4) is 0 Å². The molecule has 1 amide bonds. The van der Waals surface area contributed by atoms with Crippen molar-refractivity contribution in [2.24, 2.45) is 0 Å². The lowest BCUT2D eigenvalue weighted by Crippen LogP contribution is -2.28.